The summed E-state index contributed by atoms with van der Waals surface area (Å²) in [6.45, 7) is 5.40. The summed E-state index contributed by atoms with van der Waals surface area (Å²) in [7, 11) is 0. The Labute approximate surface area is 138 Å². The number of carbonyl (C=O) groups is 2. The van der Waals surface area contributed by atoms with Crippen LogP contribution in [-0.4, -0.2) is 60.4 Å². The van der Waals surface area contributed by atoms with Crippen molar-refractivity contribution < 1.29 is 9.59 Å². The summed E-state index contributed by atoms with van der Waals surface area (Å²) in [5.74, 6) is 3.00. The van der Waals surface area contributed by atoms with Gasteiger partial charge >= 0.3 is 0 Å². The van der Waals surface area contributed by atoms with Crippen molar-refractivity contribution in [3.05, 3.63) is 0 Å². The van der Waals surface area contributed by atoms with Crippen LogP contribution >= 0.6 is 11.8 Å². The molecule has 2 heterocycles. The predicted octanol–water partition coefficient (Wildman–Crippen LogP) is 1.24. The monoisotopic (exact) mass is 327 g/mol. The van der Waals surface area contributed by atoms with E-state index in [9.17, 15) is 9.59 Å². The van der Waals surface area contributed by atoms with Gasteiger partial charge in [0.25, 0.3) is 0 Å². The van der Waals surface area contributed by atoms with Crippen LogP contribution in [0.3, 0.4) is 0 Å². The zero-order valence-corrected chi connectivity index (χ0v) is 14.4. The second-order valence-corrected chi connectivity index (χ2v) is 7.48. The number of rotatable bonds is 6. The van der Waals surface area contributed by atoms with Crippen molar-refractivity contribution in [2.45, 2.75) is 45.1 Å². The molecule has 0 aliphatic carbocycles. The number of nitrogens with one attached hydrogen (secondary N) is 2. The molecule has 0 aromatic heterocycles. The first-order valence-electron chi connectivity index (χ1n) is 8.54. The second kappa shape index (κ2) is 9.40. The van der Waals surface area contributed by atoms with E-state index < -0.39 is 0 Å². The minimum atomic E-state index is 0.134. The van der Waals surface area contributed by atoms with Crippen LogP contribution in [0.2, 0.25) is 0 Å². The van der Waals surface area contributed by atoms with Gasteiger partial charge in [-0.15, -0.1) is 0 Å². The Morgan fingerprint density at radius 1 is 1.41 bits per heavy atom. The van der Waals surface area contributed by atoms with E-state index in [-0.39, 0.29) is 11.8 Å². The van der Waals surface area contributed by atoms with Crippen molar-refractivity contribution in [1.29, 1.82) is 0 Å². The zero-order chi connectivity index (χ0) is 15.8. The Morgan fingerprint density at radius 2 is 2.27 bits per heavy atom. The van der Waals surface area contributed by atoms with E-state index in [4.69, 9.17) is 0 Å². The minimum absolute atomic E-state index is 0.134. The molecule has 2 rings (SSSR count). The molecule has 0 radical (unpaired) electrons. The third kappa shape index (κ3) is 5.80. The van der Waals surface area contributed by atoms with Gasteiger partial charge < -0.3 is 15.5 Å². The smallest absolute Gasteiger partial charge is 0.224 e. The summed E-state index contributed by atoms with van der Waals surface area (Å²) < 4.78 is 0. The Balaban J connectivity index is 1.72. The number of nitrogens with zero attached hydrogens (tertiary/aromatic N) is 1. The van der Waals surface area contributed by atoms with Gasteiger partial charge in [0, 0.05) is 56.6 Å². The second-order valence-electron chi connectivity index (χ2n) is 6.33. The van der Waals surface area contributed by atoms with Gasteiger partial charge in [0.05, 0.1) is 0 Å². The standard InChI is InChI=1S/C16H29N3O2S/c1-2-4-15(20)18-10-13-5-3-7-19(11-13)16(21)9-14-12-22-8-6-17-14/h13-14,17H,2-12H2,1H3,(H,18,20). The molecular weight excluding hydrogens is 298 g/mol. The van der Waals surface area contributed by atoms with Gasteiger partial charge in [-0.3, -0.25) is 9.59 Å². The van der Waals surface area contributed by atoms with Crippen molar-refractivity contribution in [1.82, 2.24) is 15.5 Å². The van der Waals surface area contributed by atoms with Crippen LogP contribution < -0.4 is 10.6 Å². The van der Waals surface area contributed by atoms with E-state index in [0.717, 1.165) is 50.4 Å². The number of thioether (sulfide) groups is 1. The Morgan fingerprint density at radius 3 is 3.00 bits per heavy atom. The molecule has 5 nitrogen and oxygen atoms in total. The Hall–Kier alpha value is -0.750. The lowest BCUT2D eigenvalue weighted by Gasteiger charge is -2.34. The van der Waals surface area contributed by atoms with Crippen LogP contribution in [0.1, 0.15) is 39.0 Å². The summed E-state index contributed by atoms with van der Waals surface area (Å²) in [6, 6.07) is 0.330. The summed E-state index contributed by atoms with van der Waals surface area (Å²) in [4.78, 5) is 26.0. The van der Waals surface area contributed by atoms with E-state index in [1.165, 1.54) is 0 Å². The van der Waals surface area contributed by atoms with Crippen molar-refractivity contribution in [2.75, 3.05) is 37.7 Å². The van der Waals surface area contributed by atoms with Crippen LogP contribution in [0, 0.1) is 5.92 Å². The van der Waals surface area contributed by atoms with Crippen LogP contribution in [-0.2, 0) is 9.59 Å². The van der Waals surface area contributed by atoms with Crippen molar-refractivity contribution >= 4 is 23.6 Å². The molecule has 2 fully saturated rings. The van der Waals surface area contributed by atoms with Crippen LogP contribution in [0.15, 0.2) is 0 Å². The van der Waals surface area contributed by atoms with Crippen LogP contribution in [0.4, 0.5) is 0 Å². The van der Waals surface area contributed by atoms with Crippen LogP contribution in [0.25, 0.3) is 0 Å². The first-order valence-corrected chi connectivity index (χ1v) is 9.70. The SMILES string of the molecule is CCCC(=O)NCC1CCCN(C(=O)CC2CSCCN2)C1. The van der Waals surface area contributed by atoms with Gasteiger partial charge in [-0.1, -0.05) is 6.92 Å². The maximum Gasteiger partial charge on any atom is 0.224 e. The van der Waals surface area contributed by atoms with E-state index in [2.05, 4.69) is 10.6 Å². The highest BCUT2D eigenvalue weighted by atomic mass is 32.2. The summed E-state index contributed by atoms with van der Waals surface area (Å²) in [5, 5.41) is 6.43. The number of piperidine rings is 1. The largest absolute Gasteiger partial charge is 0.356 e. The molecule has 0 spiro atoms. The fourth-order valence-corrected chi connectivity index (χ4v) is 4.07. The van der Waals surface area contributed by atoms with Crippen LogP contribution in [0.5, 0.6) is 0 Å². The van der Waals surface area contributed by atoms with E-state index in [0.29, 0.717) is 31.3 Å². The fourth-order valence-electron chi connectivity index (χ4n) is 3.12. The molecule has 2 aliphatic heterocycles. The lowest BCUT2D eigenvalue weighted by molar-refractivity contribution is -0.133. The third-order valence-electron chi connectivity index (χ3n) is 4.36. The predicted molar refractivity (Wildman–Crippen MR) is 91.0 cm³/mol. The number of hydrogen-bond donors (Lipinski definition) is 2. The lowest BCUT2D eigenvalue weighted by Crippen LogP contribution is -2.47. The molecule has 2 aliphatic rings. The van der Waals surface area contributed by atoms with Gasteiger partial charge in [0.1, 0.15) is 0 Å². The van der Waals surface area contributed by atoms with E-state index >= 15 is 0 Å². The normalized spacial score (nSPS) is 25.8. The molecule has 0 saturated carbocycles. The average molecular weight is 327 g/mol. The van der Waals surface area contributed by atoms with Gasteiger partial charge in [-0.25, -0.2) is 0 Å². The molecule has 2 N–H and O–H groups in total. The van der Waals surface area contributed by atoms with Crippen molar-refractivity contribution in [2.24, 2.45) is 5.92 Å². The number of likely N-dealkylation sites (tertiary alicyclic amines) is 1. The highest BCUT2D eigenvalue weighted by molar-refractivity contribution is 7.99. The number of carbonyl (C=O) groups excluding carboxylic acids is 2. The average Bonchev–Trinajstić information content (AvgIpc) is 2.54. The van der Waals surface area contributed by atoms with E-state index in [1.807, 2.05) is 23.6 Å². The summed E-state index contributed by atoms with van der Waals surface area (Å²) >= 11 is 1.93. The topological polar surface area (TPSA) is 61.4 Å². The van der Waals surface area contributed by atoms with Gasteiger partial charge in [0.2, 0.25) is 11.8 Å². The first-order chi connectivity index (χ1) is 10.7. The van der Waals surface area contributed by atoms with Crippen molar-refractivity contribution in [3.63, 3.8) is 0 Å². The third-order valence-corrected chi connectivity index (χ3v) is 5.49. The van der Waals surface area contributed by atoms with Crippen molar-refractivity contribution in [3.8, 4) is 0 Å². The summed E-state index contributed by atoms with van der Waals surface area (Å²) in [5.41, 5.74) is 0. The quantitative estimate of drug-likeness (QED) is 0.770. The number of hydrogen-bond acceptors (Lipinski definition) is 4. The van der Waals surface area contributed by atoms with Gasteiger partial charge in [0.15, 0.2) is 0 Å². The lowest BCUT2D eigenvalue weighted by atomic mass is 9.97. The molecule has 0 bridgehead atoms. The Kier molecular flexibility index (Phi) is 7.52. The maximum atomic E-state index is 12.4. The number of amides is 2. The molecule has 0 aromatic carbocycles. The molecule has 2 amide bonds. The molecule has 22 heavy (non-hydrogen) atoms. The molecule has 2 atom stereocenters. The molecule has 0 aromatic rings. The molecule has 6 heteroatoms. The highest BCUT2D eigenvalue weighted by Crippen LogP contribution is 2.18. The van der Waals surface area contributed by atoms with E-state index in [1.54, 1.807) is 0 Å². The minimum Gasteiger partial charge on any atom is -0.356 e. The Bertz CT molecular complexity index is 372. The zero-order valence-electron chi connectivity index (χ0n) is 13.6. The van der Waals surface area contributed by atoms with Gasteiger partial charge in [-0.05, 0) is 25.2 Å². The first kappa shape index (κ1) is 17.6. The fraction of sp³-hybridized carbons (Fsp3) is 0.875. The van der Waals surface area contributed by atoms with Gasteiger partial charge in [-0.2, -0.15) is 11.8 Å². The summed E-state index contributed by atoms with van der Waals surface area (Å²) in [6.07, 6.45) is 4.25. The molecule has 126 valence electrons. The molecule has 2 saturated heterocycles. The molecule has 2 unspecified atom stereocenters. The maximum absolute atomic E-state index is 12.4. The highest BCUT2D eigenvalue weighted by Gasteiger charge is 2.26. The molecular formula is C16H29N3O2S.